The number of aromatic nitrogens is 2. The van der Waals surface area contributed by atoms with Crippen LogP contribution in [0.2, 0.25) is 5.02 Å². The van der Waals surface area contributed by atoms with Crippen LogP contribution in [0, 0.1) is 0 Å². The lowest BCUT2D eigenvalue weighted by Gasteiger charge is -2.21. The van der Waals surface area contributed by atoms with Crippen LogP contribution in [0.5, 0.6) is 0 Å². The molecule has 3 heteroatoms. The van der Waals surface area contributed by atoms with E-state index in [1.165, 1.54) is 37.8 Å². The number of rotatable bonds is 1. The normalized spacial score (nSPS) is 18.1. The molecule has 2 aromatic rings. The maximum Gasteiger partial charge on any atom is 0.155 e. The van der Waals surface area contributed by atoms with E-state index in [0.29, 0.717) is 5.92 Å². The summed E-state index contributed by atoms with van der Waals surface area (Å²) in [5, 5.41) is 0.740. The molecule has 0 aromatic carbocycles. The third kappa shape index (κ3) is 1.61. The van der Waals surface area contributed by atoms with Crippen LogP contribution in [0.1, 0.15) is 43.7 Å². The molecule has 0 radical (unpaired) electrons. The zero-order chi connectivity index (χ0) is 11.0. The molecular formula is C13H15ClN2. The summed E-state index contributed by atoms with van der Waals surface area (Å²) in [6, 6.07) is 3.89. The summed E-state index contributed by atoms with van der Waals surface area (Å²) >= 11 is 6.13. The molecule has 1 aliphatic rings. The Labute approximate surface area is 100 Å². The highest BCUT2D eigenvalue weighted by Crippen LogP contribution is 2.33. The Bertz CT molecular complexity index is 498. The van der Waals surface area contributed by atoms with Crippen molar-refractivity contribution in [2.75, 3.05) is 0 Å². The van der Waals surface area contributed by atoms with Crippen LogP contribution in [0.4, 0.5) is 0 Å². The van der Waals surface area contributed by atoms with Crippen molar-refractivity contribution < 1.29 is 0 Å². The summed E-state index contributed by atoms with van der Waals surface area (Å²) in [7, 11) is 0. The number of hydrogen-bond acceptors (Lipinski definition) is 1. The van der Waals surface area contributed by atoms with Crippen LogP contribution < -0.4 is 0 Å². The second kappa shape index (κ2) is 4.10. The first kappa shape index (κ1) is 10.2. The molecule has 84 valence electrons. The highest BCUT2D eigenvalue weighted by Gasteiger charge is 2.19. The zero-order valence-electron chi connectivity index (χ0n) is 9.19. The monoisotopic (exact) mass is 234 g/mol. The van der Waals surface area contributed by atoms with E-state index >= 15 is 0 Å². The van der Waals surface area contributed by atoms with E-state index in [4.69, 9.17) is 11.6 Å². The minimum atomic E-state index is 0.669. The minimum Gasteiger partial charge on any atom is -0.303 e. The summed E-state index contributed by atoms with van der Waals surface area (Å²) in [5.74, 6) is 0.669. The van der Waals surface area contributed by atoms with Crippen LogP contribution in [-0.4, -0.2) is 9.38 Å². The molecule has 0 N–H and O–H groups in total. The third-order valence-corrected chi connectivity index (χ3v) is 3.84. The van der Waals surface area contributed by atoms with Crippen molar-refractivity contribution in [1.29, 1.82) is 0 Å². The largest absolute Gasteiger partial charge is 0.303 e. The summed E-state index contributed by atoms with van der Waals surface area (Å²) in [6.45, 7) is 0. The second-order valence-corrected chi connectivity index (χ2v) is 4.97. The van der Waals surface area contributed by atoms with Crippen molar-refractivity contribution in [1.82, 2.24) is 9.38 Å². The molecule has 0 atom stereocenters. The molecule has 2 nitrogen and oxygen atoms in total. The summed E-state index contributed by atoms with van der Waals surface area (Å²) in [4.78, 5) is 4.42. The number of nitrogens with zero attached hydrogens (tertiary/aromatic N) is 2. The fourth-order valence-corrected chi connectivity index (χ4v) is 2.91. The van der Waals surface area contributed by atoms with E-state index in [0.717, 1.165) is 10.7 Å². The van der Waals surface area contributed by atoms with Gasteiger partial charge in [-0.05, 0) is 25.0 Å². The number of imidazole rings is 1. The van der Waals surface area contributed by atoms with E-state index in [9.17, 15) is 0 Å². The molecule has 3 rings (SSSR count). The molecule has 1 aliphatic carbocycles. The van der Waals surface area contributed by atoms with Crippen molar-refractivity contribution in [2.24, 2.45) is 0 Å². The molecule has 1 saturated carbocycles. The number of hydrogen-bond donors (Lipinski definition) is 0. The average Bonchev–Trinajstić information content (AvgIpc) is 2.75. The van der Waals surface area contributed by atoms with Crippen molar-refractivity contribution in [3.05, 3.63) is 35.2 Å². The van der Waals surface area contributed by atoms with Crippen molar-refractivity contribution >= 4 is 17.2 Å². The first-order valence-electron chi connectivity index (χ1n) is 5.98. The maximum atomic E-state index is 6.13. The van der Waals surface area contributed by atoms with E-state index in [2.05, 4.69) is 15.6 Å². The smallest absolute Gasteiger partial charge is 0.155 e. The van der Waals surface area contributed by atoms with Gasteiger partial charge in [-0.15, -0.1) is 0 Å². The summed E-state index contributed by atoms with van der Waals surface area (Å²) in [5.41, 5.74) is 2.22. The van der Waals surface area contributed by atoms with E-state index < -0.39 is 0 Å². The molecule has 0 bridgehead atoms. The molecular weight excluding hydrogens is 220 g/mol. The Morgan fingerprint density at radius 2 is 2.06 bits per heavy atom. The average molecular weight is 235 g/mol. The van der Waals surface area contributed by atoms with Gasteiger partial charge in [0.05, 0.1) is 5.02 Å². The lowest BCUT2D eigenvalue weighted by atomic mass is 9.87. The molecule has 0 saturated heterocycles. The van der Waals surface area contributed by atoms with Gasteiger partial charge >= 0.3 is 0 Å². The summed E-state index contributed by atoms with van der Waals surface area (Å²) < 4.78 is 2.15. The first-order chi connectivity index (χ1) is 7.86. The van der Waals surface area contributed by atoms with Gasteiger partial charge in [-0.2, -0.15) is 0 Å². The predicted molar refractivity (Wildman–Crippen MR) is 66.0 cm³/mol. The third-order valence-electron chi connectivity index (χ3n) is 3.54. The highest BCUT2D eigenvalue weighted by molar-refractivity contribution is 6.33. The predicted octanol–water partition coefficient (Wildman–Crippen LogP) is 4.04. The molecule has 0 amide bonds. The summed E-state index contributed by atoms with van der Waals surface area (Å²) in [6.07, 6.45) is 10.7. The number of pyridine rings is 1. The zero-order valence-corrected chi connectivity index (χ0v) is 9.95. The van der Waals surface area contributed by atoms with E-state index in [-0.39, 0.29) is 0 Å². The van der Waals surface area contributed by atoms with Crippen molar-refractivity contribution in [2.45, 2.75) is 38.0 Å². The standard InChI is InChI=1S/C13H15ClN2/c14-11-7-4-8-16-12(9-15-13(11)16)10-5-2-1-3-6-10/h4,7-10H,1-3,5-6H2. The lowest BCUT2D eigenvalue weighted by molar-refractivity contribution is 0.435. The Kier molecular flexibility index (Phi) is 2.60. The SMILES string of the molecule is Clc1cccn2c(C3CCCCC3)cnc12. The van der Waals surface area contributed by atoms with Gasteiger partial charge < -0.3 is 4.40 Å². The van der Waals surface area contributed by atoms with E-state index in [1.54, 1.807) is 0 Å². The lowest BCUT2D eigenvalue weighted by Crippen LogP contribution is -2.07. The van der Waals surface area contributed by atoms with Gasteiger partial charge in [0.15, 0.2) is 5.65 Å². The quantitative estimate of drug-likeness (QED) is 0.728. The van der Waals surface area contributed by atoms with E-state index in [1.807, 2.05) is 18.3 Å². The second-order valence-electron chi connectivity index (χ2n) is 4.57. The van der Waals surface area contributed by atoms with Gasteiger partial charge in [0, 0.05) is 24.0 Å². The van der Waals surface area contributed by atoms with Crippen LogP contribution in [0.25, 0.3) is 5.65 Å². The Hall–Kier alpha value is -1.02. The minimum absolute atomic E-state index is 0.669. The van der Waals surface area contributed by atoms with Crippen LogP contribution in [-0.2, 0) is 0 Å². The topological polar surface area (TPSA) is 17.3 Å². The Morgan fingerprint density at radius 1 is 1.25 bits per heavy atom. The van der Waals surface area contributed by atoms with Crippen LogP contribution in [0.3, 0.4) is 0 Å². The number of fused-ring (bicyclic) bond motifs is 1. The van der Waals surface area contributed by atoms with Crippen LogP contribution >= 0.6 is 11.6 Å². The molecule has 0 spiro atoms. The Balaban J connectivity index is 2.06. The van der Waals surface area contributed by atoms with Crippen molar-refractivity contribution in [3.8, 4) is 0 Å². The fourth-order valence-electron chi connectivity index (χ4n) is 2.70. The number of halogens is 1. The Morgan fingerprint density at radius 3 is 2.88 bits per heavy atom. The molecule has 0 unspecified atom stereocenters. The molecule has 16 heavy (non-hydrogen) atoms. The van der Waals surface area contributed by atoms with Gasteiger partial charge in [0.2, 0.25) is 0 Å². The van der Waals surface area contributed by atoms with Gasteiger partial charge in [-0.3, -0.25) is 0 Å². The van der Waals surface area contributed by atoms with Crippen molar-refractivity contribution in [3.63, 3.8) is 0 Å². The molecule has 0 aliphatic heterocycles. The highest BCUT2D eigenvalue weighted by atomic mass is 35.5. The fraction of sp³-hybridized carbons (Fsp3) is 0.462. The van der Waals surface area contributed by atoms with Crippen LogP contribution in [0.15, 0.2) is 24.5 Å². The van der Waals surface area contributed by atoms with Gasteiger partial charge in [-0.1, -0.05) is 30.9 Å². The first-order valence-corrected chi connectivity index (χ1v) is 6.35. The van der Waals surface area contributed by atoms with Gasteiger partial charge in [-0.25, -0.2) is 4.98 Å². The maximum absolute atomic E-state index is 6.13. The molecule has 2 heterocycles. The molecule has 1 fully saturated rings. The van der Waals surface area contributed by atoms with Gasteiger partial charge in [0.25, 0.3) is 0 Å². The van der Waals surface area contributed by atoms with Gasteiger partial charge in [0.1, 0.15) is 0 Å². The molecule has 2 aromatic heterocycles.